The fourth-order valence-electron chi connectivity index (χ4n) is 4.24. The molecule has 0 radical (unpaired) electrons. The molecule has 12 nitrogen and oxygen atoms in total. The normalized spacial score (nSPS) is 30.1. The van der Waals surface area contributed by atoms with Gasteiger partial charge in [0, 0.05) is 52.9 Å². The van der Waals surface area contributed by atoms with Gasteiger partial charge in [0.15, 0.2) is 0 Å². The van der Waals surface area contributed by atoms with Gasteiger partial charge in [-0.1, -0.05) is 0 Å². The standard InChI is InChI=1S/C28H50N2O10S2/c1-27(25(31)29(3)4)37-15-22(16-38-27)33-9-7-11-41-19-24(36-14-21-13-35-21)20-42-12-8-10-34-23-17-39-28(2,40-18-23)26(32)30(5)6/h21-24H,7-20H2,1-6H3. The highest BCUT2D eigenvalue weighted by molar-refractivity contribution is 8.00. The Labute approximate surface area is 259 Å². The van der Waals surface area contributed by atoms with Crippen LogP contribution in [0.2, 0.25) is 0 Å². The molecule has 1 atom stereocenters. The van der Waals surface area contributed by atoms with Gasteiger partial charge < -0.3 is 47.7 Å². The molecule has 0 saturated carbocycles. The summed E-state index contributed by atoms with van der Waals surface area (Å²) in [6.07, 6.45) is 1.89. The largest absolute Gasteiger partial charge is 0.374 e. The predicted molar refractivity (Wildman–Crippen MR) is 161 cm³/mol. The minimum Gasteiger partial charge on any atom is -0.374 e. The second kappa shape index (κ2) is 17.7. The Morgan fingerprint density at radius 3 is 1.52 bits per heavy atom. The summed E-state index contributed by atoms with van der Waals surface area (Å²) in [7, 11) is 6.73. The summed E-state index contributed by atoms with van der Waals surface area (Å²) in [5, 5.41) is 0. The highest BCUT2D eigenvalue weighted by Gasteiger charge is 2.42. The zero-order valence-electron chi connectivity index (χ0n) is 26.0. The quantitative estimate of drug-likeness (QED) is 0.151. The summed E-state index contributed by atoms with van der Waals surface area (Å²) in [5.74, 6) is 0.879. The van der Waals surface area contributed by atoms with E-state index in [1.54, 1.807) is 42.0 Å². The number of epoxide rings is 1. The molecule has 0 aliphatic carbocycles. The van der Waals surface area contributed by atoms with E-state index >= 15 is 0 Å². The molecule has 3 aliphatic rings. The number of rotatable bonds is 19. The van der Waals surface area contributed by atoms with Crippen molar-refractivity contribution in [2.75, 3.05) is 104 Å². The number of carbonyl (C=O) groups is 2. The molecule has 1 unspecified atom stereocenters. The van der Waals surface area contributed by atoms with Gasteiger partial charge in [0.1, 0.15) is 18.3 Å². The average molecular weight is 639 g/mol. The Kier molecular flexibility index (Phi) is 15.1. The van der Waals surface area contributed by atoms with Crippen LogP contribution in [0, 0.1) is 0 Å². The Bertz CT molecular complexity index is 759. The van der Waals surface area contributed by atoms with E-state index in [4.69, 9.17) is 37.9 Å². The Balaban J connectivity index is 1.21. The van der Waals surface area contributed by atoms with Gasteiger partial charge in [0.05, 0.1) is 45.7 Å². The molecule has 3 heterocycles. The maximum Gasteiger partial charge on any atom is 0.282 e. The maximum absolute atomic E-state index is 12.2. The number of hydrogen-bond acceptors (Lipinski definition) is 12. The van der Waals surface area contributed by atoms with E-state index in [1.807, 2.05) is 23.5 Å². The third kappa shape index (κ3) is 12.0. The van der Waals surface area contributed by atoms with Crippen molar-refractivity contribution in [1.29, 1.82) is 0 Å². The van der Waals surface area contributed by atoms with Crippen LogP contribution in [0.1, 0.15) is 26.7 Å². The Hall–Kier alpha value is -0.680. The lowest BCUT2D eigenvalue weighted by atomic mass is 10.2. The van der Waals surface area contributed by atoms with E-state index in [1.165, 1.54) is 9.80 Å². The molecule has 42 heavy (non-hydrogen) atoms. The van der Waals surface area contributed by atoms with E-state index in [0.717, 1.165) is 42.5 Å². The summed E-state index contributed by atoms with van der Waals surface area (Å²) >= 11 is 3.73. The molecule has 3 fully saturated rings. The molecule has 0 aromatic carbocycles. The summed E-state index contributed by atoms with van der Waals surface area (Å²) < 4.78 is 45.9. The van der Waals surface area contributed by atoms with Crippen LogP contribution < -0.4 is 0 Å². The lowest BCUT2D eigenvalue weighted by molar-refractivity contribution is -0.278. The Morgan fingerprint density at radius 1 is 0.762 bits per heavy atom. The van der Waals surface area contributed by atoms with Crippen molar-refractivity contribution in [3.8, 4) is 0 Å². The highest BCUT2D eigenvalue weighted by atomic mass is 32.2. The third-order valence-electron chi connectivity index (χ3n) is 6.87. The van der Waals surface area contributed by atoms with Crippen molar-refractivity contribution >= 4 is 35.3 Å². The van der Waals surface area contributed by atoms with Gasteiger partial charge in [0.2, 0.25) is 11.6 Å². The molecule has 14 heteroatoms. The topological polar surface area (TPSA) is 118 Å². The fourth-order valence-corrected chi connectivity index (χ4v) is 6.32. The number of carbonyl (C=O) groups excluding carboxylic acids is 2. The van der Waals surface area contributed by atoms with Gasteiger partial charge in [-0.15, -0.1) is 0 Å². The summed E-state index contributed by atoms with van der Waals surface area (Å²) in [5.41, 5.74) is 0. The first kappa shape index (κ1) is 35.8. The first-order valence-electron chi connectivity index (χ1n) is 14.6. The molecule has 0 aromatic heterocycles. The van der Waals surface area contributed by atoms with Crippen molar-refractivity contribution in [1.82, 2.24) is 9.80 Å². The van der Waals surface area contributed by atoms with Gasteiger partial charge in [-0.3, -0.25) is 9.59 Å². The van der Waals surface area contributed by atoms with Crippen molar-refractivity contribution in [3.05, 3.63) is 0 Å². The predicted octanol–water partition coefficient (Wildman–Crippen LogP) is 1.49. The van der Waals surface area contributed by atoms with Crippen molar-refractivity contribution in [2.24, 2.45) is 0 Å². The molecule has 0 spiro atoms. The first-order chi connectivity index (χ1) is 20.0. The lowest BCUT2D eigenvalue weighted by Gasteiger charge is -2.37. The molecule has 0 aromatic rings. The third-order valence-corrected chi connectivity index (χ3v) is 9.24. The second-order valence-electron chi connectivity index (χ2n) is 11.3. The zero-order valence-corrected chi connectivity index (χ0v) is 27.6. The van der Waals surface area contributed by atoms with Crippen LogP contribution in [0.5, 0.6) is 0 Å². The first-order valence-corrected chi connectivity index (χ1v) is 16.9. The van der Waals surface area contributed by atoms with Gasteiger partial charge in [0.25, 0.3) is 11.8 Å². The number of likely N-dealkylation sites (N-methyl/N-ethyl adjacent to an activating group) is 2. The minimum atomic E-state index is -1.23. The number of thioether (sulfide) groups is 2. The molecule has 3 saturated heterocycles. The minimum absolute atomic E-state index is 0.158. The number of hydrogen-bond donors (Lipinski definition) is 0. The number of nitrogens with zero attached hydrogens (tertiary/aromatic N) is 2. The molecule has 2 amide bonds. The summed E-state index contributed by atoms with van der Waals surface area (Å²) in [6.45, 7) is 7.31. The van der Waals surface area contributed by atoms with Crippen LogP contribution in [0.4, 0.5) is 0 Å². The van der Waals surface area contributed by atoms with Gasteiger partial charge in [-0.25, -0.2) is 0 Å². The Morgan fingerprint density at radius 2 is 1.17 bits per heavy atom. The molecular weight excluding hydrogens is 588 g/mol. The molecule has 244 valence electrons. The van der Waals surface area contributed by atoms with E-state index in [-0.39, 0.29) is 36.2 Å². The van der Waals surface area contributed by atoms with Gasteiger partial charge >= 0.3 is 0 Å². The van der Waals surface area contributed by atoms with E-state index in [9.17, 15) is 9.59 Å². The summed E-state index contributed by atoms with van der Waals surface area (Å²) in [6, 6.07) is 0. The fraction of sp³-hybridized carbons (Fsp3) is 0.929. The number of amides is 2. The van der Waals surface area contributed by atoms with Gasteiger partial charge in [-0.2, -0.15) is 23.5 Å². The van der Waals surface area contributed by atoms with Gasteiger partial charge in [-0.05, 0) is 38.2 Å². The smallest absolute Gasteiger partial charge is 0.282 e. The highest BCUT2D eigenvalue weighted by Crippen LogP contribution is 2.23. The zero-order chi connectivity index (χ0) is 30.6. The van der Waals surface area contributed by atoms with E-state index in [2.05, 4.69) is 0 Å². The SMILES string of the molecule is CN(C)C(=O)C1(C)OCC(OCCCSCC(CSCCCOC2COC(C)(C(=O)N(C)C)OC2)OCC2CO2)CO1. The van der Waals surface area contributed by atoms with Crippen molar-refractivity contribution in [3.63, 3.8) is 0 Å². The van der Waals surface area contributed by atoms with Crippen LogP contribution >= 0.6 is 23.5 Å². The molecular formula is C28H50N2O10S2. The van der Waals surface area contributed by atoms with E-state index in [0.29, 0.717) is 46.2 Å². The van der Waals surface area contributed by atoms with Crippen LogP contribution in [0.25, 0.3) is 0 Å². The van der Waals surface area contributed by atoms with Crippen molar-refractivity contribution < 1.29 is 47.5 Å². The van der Waals surface area contributed by atoms with Crippen LogP contribution in [0.3, 0.4) is 0 Å². The van der Waals surface area contributed by atoms with E-state index < -0.39 is 11.6 Å². The molecule has 0 N–H and O–H groups in total. The monoisotopic (exact) mass is 638 g/mol. The number of ether oxygens (including phenoxy) is 8. The maximum atomic E-state index is 12.2. The average Bonchev–Trinajstić information content (AvgIpc) is 3.80. The summed E-state index contributed by atoms with van der Waals surface area (Å²) in [4.78, 5) is 27.4. The van der Waals surface area contributed by atoms with Crippen LogP contribution in [-0.4, -0.2) is 162 Å². The lowest BCUT2D eigenvalue weighted by Crippen LogP contribution is -2.54. The van der Waals surface area contributed by atoms with Crippen LogP contribution in [-0.2, 0) is 47.5 Å². The molecule has 3 rings (SSSR count). The van der Waals surface area contributed by atoms with Crippen molar-refractivity contribution in [2.45, 2.75) is 62.7 Å². The van der Waals surface area contributed by atoms with Crippen LogP contribution in [0.15, 0.2) is 0 Å². The second-order valence-corrected chi connectivity index (χ2v) is 13.6. The molecule has 0 bridgehead atoms. The molecule has 3 aliphatic heterocycles.